The van der Waals surface area contributed by atoms with Crippen LogP contribution in [-0.2, 0) is 10.3 Å². The van der Waals surface area contributed by atoms with Gasteiger partial charge >= 0.3 is 6.09 Å². The standard InChI is InChI=1S/C10H10N2O4/c1-10(2)7-4-3-6(12(14)15)5-8(7)11-9(13)16-10/h3-5H,1-2H3,(H,11,13). The molecule has 2 rings (SSSR count). The Morgan fingerprint density at radius 1 is 1.44 bits per heavy atom. The Kier molecular flexibility index (Phi) is 2.08. The molecule has 0 aliphatic carbocycles. The molecule has 0 bridgehead atoms. The highest BCUT2D eigenvalue weighted by Crippen LogP contribution is 2.37. The molecule has 0 spiro atoms. The number of amides is 1. The second kappa shape index (κ2) is 3.19. The van der Waals surface area contributed by atoms with E-state index in [0.29, 0.717) is 5.69 Å². The summed E-state index contributed by atoms with van der Waals surface area (Å²) in [7, 11) is 0. The number of nitrogens with zero attached hydrogens (tertiary/aromatic N) is 1. The van der Waals surface area contributed by atoms with Crippen LogP contribution in [0.25, 0.3) is 0 Å². The smallest absolute Gasteiger partial charge is 0.412 e. The lowest BCUT2D eigenvalue weighted by Crippen LogP contribution is -2.34. The van der Waals surface area contributed by atoms with Gasteiger partial charge < -0.3 is 4.74 Å². The fraction of sp³-hybridized carbons (Fsp3) is 0.300. The summed E-state index contributed by atoms with van der Waals surface area (Å²) < 4.78 is 5.08. The van der Waals surface area contributed by atoms with Crippen molar-refractivity contribution in [2.45, 2.75) is 19.4 Å². The molecule has 1 aliphatic rings. The van der Waals surface area contributed by atoms with Crippen molar-refractivity contribution in [3.8, 4) is 0 Å². The van der Waals surface area contributed by atoms with E-state index in [1.165, 1.54) is 12.1 Å². The van der Waals surface area contributed by atoms with E-state index in [1.807, 2.05) is 0 Å². The number of cyclic esters (lactones) is 1. The van der Waals surface area contributed by atoms with E-state index in [-0.39, 0.29) is 5.69 Å². The summed E-state index contributed by atoms with van der Waals surface area (Å²) in [5, 5.41) is 13.0. The van der Waals surface area contributed by atoms with Crippen molar-refractivity contribution in [1.29, 1.82) is 0 Å². The van der Waals surface area contributed by atoms with Crippen LogP contribution in [0.2, 0.25) is 0 Å². The number of nitro groups is 1. The first-order valence-corrected chi connectivity index (χ1v) is 4.69. The van der Waals surface area contributed by atoms with Gasteiger partial charge in [-0.1, -0.05) is 0 Å². The predicted molar refractivity (Wildman–Crippen MR) is 56.2 cm³/mol. The number of hydrogen-bond acceptors (Lipinski definition) is 4. The molecular weight excluding hydrogens is 212 g/mol. The molecule has 1 aromatic rings. The average Bonchev–Trinajstić information content (AvgIpc) is 2.14. The van der Waals surface area contributed by atoms with E-state index in [4.69, 9.17) is 4.74 Å². The van der Waals surface area contributed by atoms with Crippen LogP contribution in [-0.4, -0.2) is 11.0 Å². The van der Waals surface area contributed by atoms with Crippen molar-refractivity contribution >= 4 is 17.5 Å². The molecule has 16 heavy (non-hydrogen) atoms. The summed E-state index contributed by atoms with van der Waals surface area (Å²) in [6.45, 7) is 3.47. The van der Waals surface area contributed by atoms with Crippen LogP contribution in [0.15, 0.2) is 18.2 Å². The number of nitro benzene ring substituents is 1. The van der Waals surface area contributed by atoms with Gasteiger partial charge in [0.25, 0.3) is 5.69 Å². The van der Waals surface area contributed by atoms with Crippen molar-refractivity contribution in [2.24, 2.45) is 0 Å². The van der Waals surface area contributed by atoms with Crippen LogP contribution in [0.5, 0.6) is 0 Å². The van der Waals surface area contributed by atoms with Gasteiger partial charge in [0.1, 0.15) is 5.60 Å². The summed E-state index contributed by atoms with van der Waals surface area (Å²) in [4.78, 5) is 21.3. The maximum atomic E-state index is 11.2. The topological polar surface area (TPSA) is 81.5 Å². The Morgan fingerprint density at radius 3 is 2.75 bits per heavy atom. The van der Waals surface area contributed by atoms with Gasteiger partial charge in [0.2, 0.25) is 0 Å². The maximum Gasteiger partial charge on any atom is 0.412 e. The molecule has 0 saturated carbocycles. The number of non-ortho nitro benzene ring substituents is 1. The van der Waals surface area contributed by atoms with Crippen molar-refractivity contribution in [3.63, 3.8) is 0 Å². The number of benzene rings is 1. The third-order valence-electron chi connectivity index (χ3n) is 2.45. The third-order valence-corrected chi connectivity index (χ3v) is 2.45. The van der Waals surface area contributed by atoms with E-state index in [1.54, 1.807) is 19.9 Å². The van der Waals surface area contributed by atoms with Crippen molar-refractivity contribution < 1.29 is 14.5 Å². The van der Waals surface area contributed by atoms with Gasteiger partial charge in [0.05, 0.1) is 10.6 Å². The Bertz CT molecular complexity index is 482. The molecule has 0 unspecified atom stereocenters. The van der Waals surface area contributed by atoms with Gasteiger partial charge in [-0.2, -0.15) is 0 Å². The molecule has 1 heterocycles. The van der Waals surface area contributed by atoms with Crippen LogP contribution in [0.1, 0.15) is 19.4 Å². The first-order valence-electron chi connectivity index (χ1n) is 4.69. The summed E-state index contributed by atoms with van der Waals surface area (Å²) >= 11 is 0. The number of carbonyl (C=O) groups excluding carboxylic acids is 1. The highest BCUT2D eigenvalue weighted by Gasteiger charge is 2.34. The van der Waals surface area contributed by atoms with Gasteiger partial charge in [-0.05, 0) is 19.9 Å². The Balaban J connectivity index is 2.55. The normalized spacial score (nSPS) is 17.0. The highest BCUT2D eigenvalue weighted by atomic mass is 16.6. The second-order valence-corrected chi connectivity index (χ2v) is 4.01. The first kappa shape index (κ1) is 10.4. The van der Waals surface area contributed by atoms with E-state index >= 15 is 0 Å². The Morgan fingerprint density at radius 2 is 2.12 bits per heavy atom. The number of rotatable bonds is 1. The molecule has 6 heteroatoms. The SMILES string of the molecule is CC1(C)OC(=O)Nc2cc([N+](=O)[O-])ccc21. The molecule has 6 nitrogen and oxygen atoms in total. The third kappa shape index (κ3) is 1.58. The lowest BCUT2D eigenvalue weighted by atomic mass is 9.94. The number of ether oxygens (including phenoxy) is 1. The number of anilines is 1. The Labute approximate surface area is 91.4 Å². The molecular formula is C10H10N2O4. The summed E-state index contributed by atoms with van der Waals surface area (Å²) in [6, 6.07) is 4.31. The molecule has 84 valence electrons. The van der Waals surface area contributed by atoms with Crippen LogP contribution < -0.4 is 5.32 Å². The van der Waals surface area contributed by atoms with Gasteiger partial charge in [-0.25, -0.2) is 4.79 Å². The van der Waals surface area contributed by atoms with Gasteiger partial charge in [0.15, 0.2) is 0 Å². The van der Waals surface area contributed by atoms with Crippen LogP contribution >= 0.6 is 0 Å². The van der Waals surface area contributed by atoms with Gasteiger partial charge in [-0.15, -0.1) is 0 Å². The number of carbonyl (C=O) groups is 1. The second-order valence-electron chi connectivity index (χ2n) is 4.01. The molecule has 1 aromatic carbocycles. The van der Waals surface area contributed by atoms with Crippen LogP contribution in [0, 0.1) is 10.1 Å². The van der Waals surface area contributed by atoms with Crippen LogP contribution in [0.3, 0.4) is 0 Å². The van der Waals surface area contributed by atoms with Crippen molar-refractivity contribution in [1.82, 2.24) is 0 Å². The van der Waals surface area contributed by atoms with E-state index in [9.17, 15) is 14.9 Å². The minimum atomic E-state index is -0.771. The summed E-state index contributed by atoms with van der Waals surface area (Å²) in [5.41, 5.74) is 0.317. The van der Waals surface area contributed by atoms with Crippen LogP contribution in [0.4, 0.5) is 16.2 Å². The zero-order valence-corrected chi connectivity index (χ0v) is 8.81. The lowest BCUT2D eigenvalue weighted by Gasteiger charge is -2.32. The fourth-order valence-corrected chi connectivity index (χ4v) is 1.70. The number of fused-ring (bicyclic) bond motifs is 1. The molecule has 0 aromatic heterocycles. The summed E-state index contributed by atoms with van der Waals surface area (Å²) in [5.74, 6) is 0. The highest BCUT2D eigenvalue weighted by molar-refractivity contribution is 5.89. The quantitative estimate of drug-likeness (QED) is 0.584. The molecule has 1 amide bonds. The van der Waals surface area contributed by atoms with Crippen molar-refractivity contribution in [3.05, 3.63) is 33.9 Å². The molecule has 0 fully saturated rings. The zero-order chi connectivity index (χ0) is 11.9. The number of hydrogen-bond donors (Lipinski definition) is 1. The summed E-state index contributed by atoms with van der Waals surface area (Å²) in [6.07, 6.45) is -0.599. The maximum absolute atomic E-state index is 11.2. The number of nitrogens with one attached hydrogen (secondary N) is 1. The largest absolute Gasteiger partial charge is 0.438 e. The van der Waals surface area contributed by atoms with Gasteiger partial charge in [0, 0.05) is 17.7 Å². The fourth-order valence-electron chi connectivity index (χ4n) is 1.70. The molecule has 0 atom stereocenters. The lowest BCUT2D eigenvalue weighted by molar-refractivity contribution is -0.384. The Hall–Kier alpha value is -2.11. The minimum absolute atomic E-state index is 0.0586. The molecule has 0 radical (unpaired) electrons. The molecule has 1 aliphatic heterocycles. The van der Waals surface area contributed by atoms with Crippen molar-refractivity contribution in [2.75, 3.05) is 5.32 Å². The van der Waals surface area contributed by atoms with Gasteiger partial charge in [-0.3, -0.25) is 15.4 Å². The average molecular weight is 222 g/mol. The van der Waals surface area contributed by atoms with E-state index < -0.39 is 16.6 Å². The molecule has 1 N–H and O–H groups in total. The van der Waals surface area contributed by atoms with E-state index in [0.717, 1.165) is 5.56 Å². The zero-order valence-electron chi connectivity index (χ0n) is 8.81. The minimum Gasteiger partial charge on any atom is -0.438 e. The molecule has 0 saturated heterocycles. The predicted octanol–water partition coefficient (Wildman–Crippen LogP) is 2.39. The van der Waals surface area contributed by atoms with E-state index in [2.05, 4.69) is 5.32 Å². The first-order chi connectivity index (χ1) is 7.40. The monoisotopic (exact) mass is 222 g/mol.